The predicted octanol–water partition coefficient (Wildman–Crippen LogP) is 1.42. The van der Waals surface area contributed by atoms with Gasteiger partial charge in [0.05, 0.1) is 11.9 Å². The van der Waals surface area contributed by atoms with Crippen LogP contribution in [0.5, 0.6) is 5.75 Å². The molecule has 0 unspecified atom stereocenters. The normalized spacial score (nSPS) is 12.1. The van der Waals surface area contributed by atoms with Crippen molar-refractivity contribution < 1.29 is 19.8 Å². The van der Waals surface area contributed by atoms with Crippen LogP contribution < -0.4 is 5.32 Å². The Kier molecular flexibility index (Phi) is 4.45. The molecule has 0 bridgehead atoms. The maximum absolute atomic E-state index is 12.1. The smallest absolute Gasteiger partial charge is 0.326 e. The summed E-state index contributed by atoms with van der Waals surface area (Å²) in [4.78, 5) is 23.2. The number of rotatable bonds is 5. The molecule has 2 aromatic rings. The molecule has 116 valence electrons. The molecule has 0 saturated heterocycles. The van der Waals surface area contributed by atoms with Crippen molar-refractivity contribution in [1.82, 2.24) is 15.1 Å². The van der Waals surface area contributed by atoms with E-state index in [4.69, 9.17) is 5.11 Å². The molecule has 1 atom stereocenters. The van der Waals surface area contributed by atoms with Crippen LogP contribution in [0.4, 0.5) is 0 Å². The highest BCUT2D eigenvalue weighted by molar-refractivity contribution is 5.97. The van der Waals surface area contributed by atoms with Crippen LogP contribution in [0.15, 0.2) is 36.5 Å². The number of nitrogens with one attached hydrogen (secondary N) is 1. The fraction of sp³-hybridized carbons (Fsp3) is 0.267. The molecule has 0 fully saturated rings. The van der Waals surface area contributed by atoms with Crippen LogP contribution in [-0.2, 0) is 4.79 Å². The molecule has 0 aliphatic carbocycles. The molecule has 0 spiro atoms. The maximum atomic E-state index is 12.1. The summed E-state index contributed by atoms with van der Waals surface area (Å²) in [6, 6.07) is 7.92. The summed E-state index contributed by atoms with van der Waals surface area (Å²) in [7, 11) is 0. The number of amides is 1. The number of hydrogen-bond acceptors (Lipinski definition) is 4. The molecular weight excluding hydrogens is 286 g/mol. The second kappa shape index (κ2) is 6.30. The van der Waals surface area contributed by atoms with Gasteiger partial charge in [0, 0.05) is 0 Å². The molecule has 22 heavy (non-hydrogen) atoms. The number of carbonyl (C=O) groups is 2. The highest BCUT2D eigenvalue weighted by atomic mass is 16.4. The number of carboxylic acids is 1. The summed E-state index contributed by atoms with van der Waals surface area (Å²) in [6.45, 7) is 3.36. The molecule has 1 aromatic carbocycles. The van der Waals surface area contributed by atoms with Gasteiger partial charge in [0.1, 0.15) is 6.04 Å². The average Bonchev–Trinajstić information content (AvgIpc) is 2.87. The van der Waals surface area contributed by atoms with Crippen LogP contribution >= 0.6 is 0 Å². The van der Waals surface area contributed by atoms with Gasteiger partial charge in [-0.2, -0.15) is 5.10 Å². The minimum atomic E-state index is -1.13. The zero-order valence-corrected chi connectivity index (χ0v) is 12.2. The van der Waals surface area contributed by atoms with Crippen LogP contribution in [0.25, 0.3) is 5.69 Å². The highest BCUT2D eigenvalue weighted by Gasteiger charge is 2.26. The summed E-state index contributed by atoms with van der Waals surface area (Å²) < 4.78 is 1.36. The number of aliphatic carboxylic acids is 1. The largest absolute Gasteiger partial charge is 0.504 e. The van der Waals surface area contributed by atoms with Crippen LogP contribution in [0.2, 0.25) is 0 Å². The van der Waals surface area contributed by atoms with E-state index in [1.54, 1.807) is 38.1 Å². The Morgan fingerprint density at radius 3 is 2.41 bits per heavy atom. The van der Waals surface area contributed by atoms with Gasteiger partial charge in [0.15, 0.2) is 11.4 Å². The van der Waals surface area contributed by atoms with Crippen LogP contribution in [0.3, 0.4) is 0 Å². The predicted molar refractivity (Wildman–Crippen MR) is 79.0 cm³/mol. The van der Waals surface area contributed by atoms with E-state index >= 15 is 0 Å². The number of aromatic nitrogens is 2. The first-order valence-corrected chi connectivity index (χ1v) is 6.78. The molecule has 1 amide bonds. The van der Waals surface area contributed by atoms with Gasteiger partial charge < -0.3 is 15.5 Å². The molecule has 0 aliphatic heterocycles. The lowest BCUT2D eigenvalue weighted by Crippen LogP contribution is -2.44. The third kappa shape index (κ3) is 3.25. The molecule has 1 aromatic heterocycles. The Bertz CT molecular complexity index is 679. The fourth-order valence-electron chi connectivity index (χ4n) is 1.96. The lowest BCUT2D eigenvalue weighted by atomic mass is 10.0. The molecule has 0 aliphatic rings. The standard InChI is InChI=1S/C15H17N3O4/c1-9(2)12(15(21)22)16-14(20)13-11(19)8-18(17-13)10-6-4-3-5-7-10/h3-9,12,19H,1-2H3,(H,16,20)(H,21,22)/t12-/m1/s1. The van der Waals surface area contributed by atoms with E-state index in [0.717, 1.165) is 0 Å². The van der Waals surface area contributed by atoms with E-state index in [9.17, 15) is 14.7 Å². The van der Waals surface area contributed by atoms with E-state index in [0.29, 0.717) is 5.69 Å². The third-order valence-corrected chi connectivity index (χ3v) is 3.15. The molecule has 1 heterocycles. The van der Waals surface area contributed by atoms with Gasteiger partial charge >= 0.3 is 5.97 Å². The first-order chi connectivity index (χ1) is 10.4. The van der Waals surface area contributed by atoms with Gasteiger partial charge in [0.25, 0.3) is 5.91 Å². The molecule has 2 rings (SSSR count). The second-order valence-corrected chi connectivity index (χ2v) is 5.18. The number of benzene rings is 1. The lowest BCUT2D eigenvalue weighted by molar-refractivity contribution is -0.140. The number of aromatic hydroxyl groups is 1. The number of nitrogens with zero attached hydrogens (tertiary/aromatic N) is 2. The highest BCUT2D eigenvalue weighted by Crippen LogP contribution is 2.18. The minimum Gasteiger partial charge on any atom is -0.504 e. The molecule has 7 nitrogen and oxygen atoms in total. The lowest BCUT2D eigenvalue weighted by Gasteiger charge is -2.17. The quantitative estimate of drug-likeness (QED) is 0.775. The van der Waals surface area contributed by atoms with E-state index < -0.39 is 17.9 Å². The van der Waals surface area contributed by atoms with Crippen molar-refractivity contribution in [3.63, 3.8) is 0 Å². The number of carbonyl (C=O) groups excluding carboxylic acids is 1. The summed E-state index contributed by atoms with van der Waals surface area (Å²) in [5.41, 5.74) is 0.464. The third-order valence-electron chi connectivity index (χ3n) is 3.15. The Morgan fingerprint density at radius 1 is 1.23 bits per heavy atom. The second-order valence-electron chi connectivity index (χ2n) is 5.18. The zero-order chi connectivity index (χ0) is 16.3. The first-order valence-electron chi connectivity index (χ1n) is 6.78. The Labute approximate surface area is 127 Å². The summed E-state index contributed by atoms with van der Waals surface area (Å²) in [5, 5.41) is 25.3. The van der Waals surface area contributed by atoms with E-state index in [2.05, 4.69) is 10.4 Å². The van der Waals surface area contributed by atoms with E-state index in [1.165, 1.54) is 10.9 Å². The average molecular weight is 303 g/mol. The van der Waals surface area contributed by atoms with Crippen LogP contribution in [0.1, 0.15) is 24.3 Å². The summed E-state index contributed by atoms with van der Waals surface area (Å²) in [6.07, 6.45) is 1.30. The first kappa shape index (κ1) is 15.6. The van der Waals surface area contributed by atoms with Gasteiger partial charge in [-0.1, -0.05) is 32.0 Å². The molecule has 0 radical (unpaired) electrons. The van der Waals surface area contributed by atoms with Gasteiger partial charge in [0.2, 0.25) is 0 Å². The zero-order valence-electron chi connectivity index (χ0n) is 12.2. The van der Waals surface area contributed by atoms with Crippen molar-refractivity contribution in [2.75, 3.05) is 0 Å². The van der Waals surface area contributed by atoms with Crippen molar-refractivity contribution in [1.29, 1.82) is 0 Å². The number of para-hydroxylation sites is 1. The number of carboxylic acid groups (broad SMARTS) is 1. The summed E-state index contributed by atoms with van der Waals surface area (Å²) >= 11 is 0. The molecular formula is C15H17N3O4. The Balaban J connectivity index is 2.24. The van der Waals surface area contributed by atoms with E-state index in [1.807, 2.05) is 6.07 Å². The maximum Gasteiger partial charge on any atom is 0.326 e. The molecule has 3 N–H and O–H groups in total. The van der Waals surface area contributed by atoms with Crippen molar-refractivity contribution in [3.05, 3.63) is 42.2 Å². The van der Waals surface area contributed by atoms with Crippen molar-refractivity contribution in [2.45, 2.75) is 19.9 Å². The molecule has 7 heteroatoms. The Morgan fingerprint density at radius 2 is 1.86 bits per heavy atom. The number of hydrogen-bond donors (Lipinski definition) is 3. The van der Waals surface area contributed by atoms with Crippen molar-refractivity contribution in [3.8, 4) is 11.4 Å². The SMILES string of the molecule is CC(C)[C@@H](NC(=O)c1nn(-c2ccccc2)cc1O)C(=O)O. The minimum absolute atomic E-state index is 0.212. The van der Waals surface area contributed by atoms with Crippen molar-refractivity contribution in [2.24, 2.45) is 5.92 Å². The van der Waals surface area contributed by atoms with Crippen LogP contribution in [0, 0.1) is 5.92 Å². The topological polar surface area (TPSA) is 104 Å². The van der Waals surface area contributed by atoms with Gasteiger partial charge in [-0.25, -0.2) is 9.48 Å². The summed E-state index contributed by atoms with van der Waals surface area (Å²) in [5.74, 6) is -2.47. The van der Waals surface area contributed by atoms with Crippen molar-refractivity contribution >= 4 is 11.9 Å². The van der Waals surface area contributed by atoms with Gasteiger partial charge in [-0.15, -0.1) is 0 Å². The van der Waals surface area contributed by atoms with Gasteiger partial charge in [-0.3, -0.25) is 4.79 Å². The Hall–Kier alpha value is -2.83. The van der Waals surface area contributed by atoms with Gasteiger partial charge in [-0.05, 0) is 18.1 Å². The van der Waals surface area contributed by atoms with E-state index in [-0.39, 0.29) is 17.4 Å². The van der Waals surface area contributed by atoms with Crippen LogP contribution in [-0.4, -0.2) is 37.9 Å². The fourth-order valence-corrected chi connectivity index (χ4v) is 1.96. The monoisotopic (exact) mass is 303 g/mol. The molecule has 0 saturated carbocycles.